The average molecular weight is 213 g/mol. The number of carbonyl (C=O) groups excluding carboxylic acids is 2. The third-order valence-electron chi connectivity index (χ3n) is 0.726. The van der Waals surface area contributed by atoms with Gasteiger partial charge >= 0.3 is 6.18 Å². The Hall–Kier alpha value is -0.364. The molecule has 0 bridgehead atoms. The summed E-state index contributed by atoms with van der Waals surface area (Å²) >= 11 is 0. The van der Waals surface area contributed by atoms with Crippen molar-refractivity contribution in [2.24, 2.45) is 0 Å². The normalized spacial score (nSPS) is 10.2. The van der Waals surface area contributed by atoms with Crippen LogP contribution < -0.4 is 0 Å². The average Bonchev–Trinajstić information content (AvgIpc) is 1.60. The van der Waals surface area contributed by atoms with E-state index in [0.29, 0.717) is 0 Å². The molecular weight excluding hydrogens is 208 g/mol. The van der Waals surface area contributed by atoms with Crippen LogP contribution in [0.3, 0.4) is 0 Å². The van der Waals surface area contributed by atoms with Crippen molar-refractivity contribution in [3.8, 4) is 0 Å². The van der Waals surface area contributed by atoms with E-state index in [-0.39, 0.29) is 16.8 Å². The summed E-state index contributed by atoms with van der Waals surface area (Å²) in [6.07, 6.45) is -5.92. The van der Waals surface area contributed by atoms with E-state index in [1.54, 1.807) is 0 Å². The van der Waals surface area contributed by atoms with Gasteiger partial charge in [0.15, 0.2) is 0 Å². The number of ketones is 2. The maximum absolute atomic E-state index is 11.3. The molecule has 6 heteroatoms. The van der Waals surface area contributed by atoms with Crippen molar-refractivity contribution in [3.05, 3.63) is 0 Å². The Morgan fingerprint density at radius 2 is 1.64 bits per heavy atom. The third kappa shape index (κ3) is 6.05. The SMILES string of the molecule is CC(=O)CC(=O)C(F)(F)F.[Co]. The molecule has 0 heterocycles. The van der Waals surface area contributed by atoms with Gasteiger partial charge in [-0.1, -0.05) is 0 Å². The van der Waals surface area contributed by atoms with Gasteiger partial charge < -0.3 is 0 Å². The minimum atomic E-state index is -4.87. The van der Waals surface area contributed by atoms with Crippen molar-refractivity contribution in [1.29, 1.82) is 0 Å². The molecule has 0 aromatic heterocycles. The van der Waals surface area contributed by atoms with Gasteiger partial charge in [-0.05, 0) is 6.92 Å². The molecule has 0 rings (SSSR count). The Labute approximate surface area is 71.3 Å². The smallest absolute Gasteiger partial charge is 0.300 e. The number of hydrogen-bond acceptors (Lipinski definition) is 2. The van der Waals surface area contributed by atoms with Gasteiger partial charge in [0.05, 0.1) is 6.42 Å². The summed E-state index contributed by atoms with van der Waals surface area (Å²) in [5.74, 6) is -2.76. The number of Topliss-reactive ketones (excluding diaryl/α,β-unsaturated/α-hetero) is 2. The standard InChI is InChI=1S/C5H5F3O2.Co/c1-3(9)2-4(10)5(6,7)8;/h2H2,1H3;. The Balaban J connectivity index is 0. The fourth-order valence-corrected chi connectivity index (χ4v) is 0.326. The molecular formula is C5H5CoF3O2. The summed E-state index contributed by atoms with van der Waals surface area (Å²) in [4.78, 5) is 19.9. The van der Waals surface area contributed by atoms with E-state index in [1.807, 2.05) is 0 Å². The zero-order valence-electron chi connectivity index (χ0n) is 5.49. The zero-order chi connectivity index (χ0) is 8.36. The number of carbonyl (C=O) groups is 2. The van der Waals surface area contributed by atoms with Gasteiger partial charge in [-0.25, -0.2) is 0 Å². The van der Waals surface area contributed by atoms with Gasteiger partial charge in [0, 0.05) is 16.8 Å². The Morgan fingerprint density at radius 3 is 1.73 bits per heavy atom. The minimum Gasteiger partial charge on any atom is -0.300 e. The van der Waals surface area contributed by atoms with Crippen LogP contribution in [0.2, 0.25) is 0 Å². The first-order valence-electron chi connectivity index (χ1n) is 2.43. The number of hydrogen-bond donors (Lipinski definition) is 0. The van der Waals surface area contributed by atoms with Gasteiger partial charge in [0.25, 0.3) is 0 Å². The van der Waals surface area contributed by atoms with Crippen LogP contribution in [0.4, 0.5) is 13.2 Å². The van der Waals surface area contributed by atoms with E-state index in [9.17, 15) is 22.8 Å². The quantitative estimate of drug-likeness (QED) is 0.643. The first kappa shape index (κ1) is 13.2. The molecule has 0 aliphatic heterocycles. The molecule has 0 atom stereocenters. The van der Waals surface area contributed by atoms with Crippen molar-refractivity contribution in [3.63, 3.8) is 0 Å². The molecule has 1 radical (unpaired) electrons. The molecule has 0 aromatic rings. The van der Waals surface area contributed by atoms with Crippen LogP contribution in [-0.2, 0) is 26.4 Å². The van der Waals surface area contributed by atoms with E-state index >= 15 is 0 Å². The summed E-state index contributed by atoms with van der Waals surface area (Å²) in [5.41, 5.74) is 0. The van der Waals surface area contributed by atoms with Crippen LogP contribution in [-0.4, -0.2) is 17.7 Å². The molecule has 11 heavy (non-hydrogen) atoms. The number of halogens is 3. The van der Waals surface area contributed by atoms with Gasteiger partial charge in [-0.2, -0.15) is 13.2 Å². The second-order valence-electron chi connectivity index (χ2n) is 1.80. The maximum atomic E-state index is 11.3. The molecule has 0 fully saturated rings. The van der Waals surface area contributed by atoms with Crippen LogP contribution in [0.25, 0.3) is 0 Å². The Morgan fingerprint density at radius 1 is 1.27 bits per heavy atom. The number of rotatable bonds is 2. The summed E-state index contributed by atoms with van der Waals surface area (Å²) in [5, 5.41) is 0. The third-order valence-corrected chi connectivity index (χ3v) is 0.726. The topological polar surface area (TPSA) is 34.1 Å². The molecule has 0 N–H and O–H groups in total. The van der Waals surface area contributed by atoms with Gasteiger partial charge in [-0.15, -0.1) is 0 Å². The fourth-order valence-electron chi connectivity index (χ4n) is 0.326. The van der Waals surface area contributed by atoms with E-state index in [0.717, 1.165) is 6.92 Å². The maximum Gasteiger partial charge on any atom is 0.450 e. The van der Waals surface area contributed by atoms with Crippen molar-refractivity contribution in [2.75, 3.05) is 0 Å². The second-order valence-corrected chi connectivity index (χ2v) is 1.80. The summed E-state index contributed by atoms with van der Waals surface area (Å²) in [7, 11) is 0. The predicted molar refractivity (Wildman–Crippen MR) is 26.4 cm³/mol. The number of alkyl halides is 3. The molecule has 67 valence electrons. The van der Waals surface area contributed by atoms with Crippen LogP contribution in [0.1, 0.15) is 13.3 Å². The van der Waals surface area contributed by atoms with Gasteiger partial charge in [0.1, 0.15) is 5.78 Å². The molecule has 0 aliphatic rings. The summed E-state index contributed by atoms with van der Waals surface area (Å²) < 4.78 is 33.9. The minimum absolute atomic E-state index is 0. The Bertz CT molecular complexity index is 164. The first-order valence-corrected chi connectivity index (χ1v) is 2.43. The molecule has 0 aliphatic carbocycles. The summed E-state index contributed by atoms with van der Waals surface area (Å²) in [6.45, 7) is 0.934. The van der Waals surface area contributed by atoms with E-state index in [4.69, 9.17) is 0 Å². The van der Waals surface area contributed by atoms with Crippen LogP contribution in [0.5, 0.6) is 0 Å². The van der Waals surface area contributed by atoms with Crippen molar-refractivity contribution < 1.29 is 39.5 Å². The van der Waals surface area contributed by atoms with Crippen LogP contribution in [0.15, 0.2) is 0 Å². The van der Waals surface area contributed by atoms with Crippen molar-refractivity contribution in [2.45, 2.75) is 19.5 Å². The van der Waals surface area contributed by atoms with E-state index in [2.05, 4.69) is 0 Å². The molecule has 0 spiro atoms. The monoisotopic (exact) mass is 213 g/mol. The largest absolute Gasteiger partial charge is 0.450 e. The van der Waals surface area contributed by atoms with Gasteiger partial charge in [0.2, 0.25) is 5.78 Å². The molecule has 0 unspecified atom stereocenters. The molecule has 0 amide bonds. The molecule has 2 nitrogen and oxygen atoms in total. The van der Waals surface area contributed by atoms with Crippen LogP contribution in [0, 0.1) is 0 Å². The predicted octanol–water partition coefficient (Wildman–Crippen LogP) is 1.09. The molecule has 0 saturated carbocycles. The van der Waals surface area contributed by atoms with E-state index < -0.39 is 24.2 Å². The van der Waals surface area contributed by atoms with Crippen molar-refractivity contribution >= 4 is 11.6 Å². The van der Waals surface area contributed by atoms with Gasteiger partial charge in [-0.3, -0.25) is 9.59 Å². The zero-order valence-corrected chi connectivity index (χ0v) is 6.53. The van der Waals surface area contributed by atoms with Crippen molar-refractivity contribution in [1.82, 2.24) is 0 Å². The van der Waals surface area contributed by atoms with Crippen LogP contribution >= 0.6 is 0 Å². The second kappa shape index (κ2) is 4.50. The fraction of sp³-hybridized carbons (Fsp3) is 0.600. The Kier molecular flexibility index (Phi) is 5.42. The summed E-state index contributed by atoms with van der Waals surface area (Å²) in [6, 6.07) is 0. The molecule has 0 saturated heterocycles. The molecule has 0 aromatic carbocycles. The van der Waals surface area contributed by atoms with E-state index in [1.165, 1.54) is 0 Å². The first-order chi connectivity index (χ1) is 4.34.